The average Bonchev–Trinajstić information content (AvgIpc) is 2.39. The van der Waals surface area contributed by atoms with E-state index >= 15 is 0 Å². The van der Waals surface area contributed by atoms with Crippen LogP contribution in [0.3, 0.4) is 0 Å². The van der Waals surface area contributed by atoms with E-state index in [4.69, 9.17) is 10.5 Å². The summed E-state index contributed by atoms with van der Waals surface area (Å²) in [7, 11) is -2.01. The average molecular weight is 351 g/mol. The summed E-state index contributed by atoms with van der Waals surface area (Å²) in [6, 6.07) is 3.13. The second kappa shape index (κ2) is 8.72. The van der Waals surface area contributed by atoms with Crippen molar-refractivity contribution in [2.45, 2.75) is 45.1 Å². The standard InChI is InChI=1S/C15H26N2O3S.ClH/c1-10(2)6-13(9-16)17-21(18,19)15-8-11(3)14(20-5)7-12(15)4;/h7-8,10,13,17H,6,9,16H2,1-5H3;1H. The monoisotopic (exact) mass is 350 g/mol. The van der Waals surface area contributed by atoms with E-state index in [9.17, 15) is 8.42 Å². The molecule has 1 aromatic carbocycles. The van der Waals surface area contributed by atoms with Gasteiger partial charge in [0.25, 0.3) is 0 Å². The van der Waals surface area contributed by atoms with Crippen molar-refractivity contribution in [2.75, 3.05) is 13.7 Å². The lowest BCUT2D eigenvalue weighted by Crippen LogP contribution is -2.41. The molecular weight excluding hydrogens is 324 g/mol. The number of hydrogen-bond acceptors (Lipinski definition) is 4. The number of halogens is 1. The third kappa shape index (κ3) is 5.43. The lowest BCUT2D eigenvalue weighted by molar-refractivity contribution is 0.411. The van der Waals surface area contributed by atoms with Gasteiger partial charge in [-0.05, 0) is 49.4 Å². The molecule has 1 atom stereocenters. The van der Waals surface area contributed by atoms with Crippen LogP contribution in [-0.4, -0.2) is 28.1 Å². The fourth-order valence-electron chi connectivity index (χ4n) is 2.32. The zero-order chi connectivity index (χ0) is 16.2. The molecule has 1 unspecified atom stereocenters. The van der Waals surface area contributed by atoms with Crippen molar-refractivity contribution in [3.05, 3.63) is 23.3 Å². The quantitative estimate of drug-likeness (QED) is 0.791. The first kappa shape index (κ1) is 21.2. The van der Waals surface area contributed by atoms with E-state index in [0.29, 0.717) is 23.7 Å². The Morgan fingerprint density at radius 1 is 1.23 bits per heavy atom. The minimum atomic E-state index is -3.58. The Morgan fingerprint density at radius 3 is 2.27 bits per heavy atom. The van der Waals surface area contributed by atoms with Gasteiger partial charge in [-0.3, -0.25) is 0 Å². The fraction of sp³-hybridized carbons (Fsp3) is 0.600. The van der Waals surface area contributed by atoms with Crippen molar-refractivity contribution in [1.29, 1.82) is 0 Å². The van der Waals surface area contributed by atoms with Crippen LogP contribution in [0.4, 0.5) is 0 Å². The van der Waals surface area contributed by atoms with E-state index in [1.54, 1.807) is 26.2 Å². The summed E-state index contributed by atoms with van der Waals surface area (Å²) in [4.78, 5) is 0.281. The molecule has 128 valence electrons. The van der Waals surface area contributed by atoms with Crippen molar-refractivity contribution < 1.29 is 13.2 Å². The molecule has 0 heterocycles. The first-order valence-electron chi connectivity index (χ1n) is 7.09. The topological polar surface area (TPSA) is 81.4 Å². The Labute approximate surface area is 140 Å². The van der Waals surface area contributed by atoms with Crippen LogP contribution in [0.25, 0.3) is 0 Å². The van der Waals surface area contributed by atoms with Crippen molar-refractivity contribution in [2.24, 2.45) is 11.7 Å². The van der Waals surface area contributed by atoms with Gasteiger partial charge in [0.2, 0.25) is 10.0 Å². The van der Waals surface area contributed by atoms with Crippen molar-refractivity contribution in [1.82, 2.24) is 4.72 Å². The van der Waals surface area contributed by atoms with E-state index in [1.165, 1.54) is 0 Å². The Kier molecular flexibility index (Phi) is 8.39. The van der Waals surface area contributed by atoms with Crippen LogP contribution in [0.2, 0.25) is 0 Å². The summed E-state index contributed by atoms with van der Waals surface area (Å²) >= 11 is 0. The maximum atomic E-state index is 12.5. The number of rotatable bonds is 7. The zero-order valence-corrected chi connectivity index (χ0v) is 15.5. The largest absolute Gasteiger partial charge is 0.496 e. The van der Waals surface area contributed by atoms with E-state index in [2.05, 4.69) is 4.72 Å². The smallest absolute Gasteiger partial charge is 0.241 e. The zero-order valence-electron chi connectivity index (χ0n) is 13.8. The predicted molar refractivity (Wildman–Crippen MR) is 92.3 cm³/mol. The minimum absolute atomic E-state index is 0. The Hall–Kier alpha value is -0.820. The summed E-state index contributed by atoms with van der Waals surface area (Å²) in [6.45, 7) is 7.95. The van der Waals surface area contributed by atoms with E-state index in [-0.39, 0.29) is 29.9 Å². The van der Waals surface area contributed by atoms with Gasteiger partial charge in [-0.2, -0.15) is 0 Å². The summed E-state index contributed by atoms with van der Waals surface area (Å²) < 4.78 is 33.0. The highest BCUT2D eigenvalue weighted by molar-refractivity contribution is 7.89. The second-order valence-corrected chi connectivity index (χ2v) is 7.45. The number of aryl methyl sites for hydroxylation is 2. The summed E-state index contributed by atoms with van der Waals surface area (Å²) in [5.74, 6) is 1.06. The van der Waals surface area contributed by atoms with Crippen LogP contribution in [0.5, 0.6) is 5.75 Å². The Balaban J connectivity index is 0.00000441. The van der Waals surface area contributed by atoms with E-state index in [0.717, 1.165) is 5.56 Å². The Morgan fingerprint density at radius 2 is 1.82 bits per heavy atom. The Bertz CT molecular complexity index is 589. The molecule has 3 N–H and O–H groups in total. The van der Waals surface area contributed by atoms with Crippen LogP contribution in [-0.2, 0) is 10.0 Å². The first-order valence-corrected chi connectivity index (χ1v) is 8.57. The van der Waals surface area contributed by atoms with Crippen LogP contribution in [0.1, 0.15) is 31.4 Å². The van der Waals surface area contributed by atoms with Crippen molar-refractivity contribution >= 4 is 22.4 Å². The number of sulfonamides is 1. The molecule has 5 nitrogen and oxygen atoms in total. The number of benzene rings is 1. The molecule has 0 aromatic heterocycles. The van der Waals surface area contributed by atoms with Crippen LogP contribution >= 0.6 is 12.4 Å². The molecule has 0 saturated carbocycles. The van der Waals surface area contributed by atoms with Gasteiger partial charge in [-0.25, -0.2) is 13.1 Å². The molecule has 0 fully saturated rings. The first-order chi connectivity index (χ1) is 9.71. The number of nitrogens with two attached hydrogens (primary N) is 1. The van der Waals surface area contributed by atoms with Gasteiger partial charge in [0.15, 0.2) is 0 Å². The summed E-state index contributed by atoms with van der Waals surface area (Å²) in [5, 5.41) is 0. The SMILES string of the molecule is COc1cc(C)c(S(=O)(=O)NC(CN)CC(C)C)cc1C.Cl. The highest BCUT2D eigenvalue weighted by Crippen LogP contribution is 2.25. The molecule has 0 amide bonds. The third-order valence-electron chi connectivity index (χ3n) is 3.34. The lowest BCUT2D eigenvalue weighted by atomic mass is 10.1. The van der Waals surface area contributed by atoms with E-state index in [1.807, 2.05) is 20.8 Å². The van der Waals surface area contributed by atoms with Gasteiger partial charge >= 0.3 is 0 Å². The molecule has 7 heteroatoms. The molecule has 0 aliphatic rings. The summed E-state index contributed by atoms with van der Waals surface area (Å²) in [5.41, 5.74) is 7.12. The summed E-state index contributed by atoms with van der Waals surface area (Å²) in [6.07, 6.45) is 0.712. The lowest BCUT2D eigenvalue weighted by Gasteiger charge is -2.20. The molecule has 22 heavy (non-hydrogen) atoms. The highest BCUT2D eigenvalue weighted by Gasteiger charge is 2.22. The molecule has 0 radical (unpaired) electrons. The minimum Gasteiger partial charge on any atom is -0.496 e. The normalized spacial score (nSPS) is 12.9. The maximum Gasteiger partial charge on any atom is 0.241 e. The molecule has 1 aromatic rings. The van der Waals surface area contributed by atoms with Crippen LogP contribution in [0, 0.1) is 19.8 Å². The molecular formula is C15H27ClN2O3S. The molecule has 0 spiro atoms. The number of methoxy groups -OCH3 is 1. The number of nitrogens with one attached hydrogen (secondary N) is 1. The second-order valence-electron chi connectivity index (χ2n) is 5.77. The van der Waals surface area contributed by atoms with Gasteiger partial charge in [0.1, 0.15) is 5.75 Å². The molecule has 1 rings (SSSR count). The number of ether oxygens (including phenoxy) is 1. The predicted octanol–water partition coefficient (Wildman–Crippen LogP) is 2.39. The maximum absolute atomic E-state index is 12.5. The van der Waals surface area contributed by atoms with Gasteiger partial charge < -0.3 is 10.5 Å². The highest BCUT2D eigenvalue weighted by atomic mass is 35.5. The molecule has 0 aliphatic heterocycles. The van der Waals surface area contributed by atoms with Gasteiger partial charge in [0.05, 0.1) is 12.0 Å². The fourth-order valence-corrected chi connectivity index (χ4v) is 3.89. The number of hydrogen-bond donors (Lipinski definition) is 2. The van der Waals surface area contributed by atoms with E-state index < -0.39 is 10.0 Å². The van der Waals surface area contributed by atoms with Crippen LogP contribution in [0.15, 0.2) is 17.0 Å². The molecule has 0 bridgehead atoms. The van der Waals surface area contributed by atoms with Gasteiger partial charge in [0, 0.05) is 12.6 Å². The third-order valence-corrected chi connectivity index (χ3v) is 5.01. The van der Waals surface area contributed by atoms with Gasteiger partial charge in [-0.1, -0.05) is 13.8 Å². The van der Waals surface area contributed by atoms with Crippen LogP contribution < -0.4 is 15.2 Å². The van der Waals surface area contributed by atoms with Gasteiger partial charge in [-0.15, -0.1) is 12.4 Å². The molecule has 0 saturated heterocycles. The molecule has 0 aliphatic carbocycles. The van der Waals surface area contributed by atoms with Crippen molar-refractivity contribution in [3.63, 3.8) is 0 Å². The van der Waals surface area contributed by atoms with Crippen molar-refractivity contribution in [3.8, 4) is 5.75 Å².